The molecular formula is C45H74N2O5. The van der Waals surface area contributed by atoms with Crippen LogP contribution in [0.1, 0.15) is 146 Å². The first-order chi connectivity index (χ1) is 24.3. The number of hydrogen-bond acceptors (Lipinski definition) is 6. The van der Waals surface area contributed by atoms with E-state index in [0.29, 0.717) is 41.8 Å². The molecule has 7 aliphatic rings. The van der Waals surface area contributed by atoms with Crippen molar-refractivity contribution in [1.29, 1.82) is 0 Å². The van der Waals surface area contributed by atoms with Crippen LogP contribution in [-0.4, -0.2) is 55.1 Å². The van der Waals surface area contributed by atoms with Gasteiger partial charge in [0.05, 0.1) is 11.8 Å². The number of ether oxygens (including phenoxy) is 1. The van der Waals surface area contributed by atoms with Gasteiger partial charge in [-0.1, -0.05) is 62.3 Å². The third-order valence-electron chi connectivity index (χ3n) is 18.9. The maximum absolute atomic E-state index is 14.1. The summed E-state index contributed by atoms with van der Waals surface area (Å²) in [6.07, 6.45) is 14.0. The standard InChI is InChI=1S/C45H74N2O5/c1-27(2)36-32(48)24-45(20-22-47-26-28-11-10-21-46-25-28)19-18-43(8)29(37(36)45)12-13-34-42(7)16-15-35(41(5,6)33(42)14-17-44(34,43)9)52-39(51)31-23-30(38(49)50)40(31,3)4/h27-31,33-37,46-47H,10-26H2,1-9H3,(H,49,50)/t28-,29-,30+,31-,33+,34-,35+,36?,37?,42+,43-,44-,45?/m1/s1. The average Bonchev–Trinajstić information content (AvgIpc) is 3.37. The van der Waals surface area contributed by atoms with Crippen LogP contribution in [0.2, 0.25) is 0 Å². The van der Waals surface area contributed by atoms with E-state index < -0.39 is 17.3 Å². The van der Waals surface area contributed by atoms with E-state index in [1.807, 2.05) is 13.8 Å². The van der Waals surface area contributed by atoms with Crippen LogP contribution in [0.4, 0.5) is 0 Å². The van der Waals surface area contributed by atoms with Crippen LogP contribution in [-0.2, 0) is 19.1 Å². The summed E-state index contributed by atoms with van der Waals surface area (Å²) in [5.41, 5.74) is 0.0186. The summed E-state index contributed by atoms with van der Waals surface area (Å²) in [7, 11) is 0. The van der Waals surface area contributed by atoms with Gasteiger partial charge in [-0.15, -0.1) is 0 Å². The molecule has 0 bridgehead atoms. The monoisotopic (exact) mass is 723 g/mol. The summed E-state index contributed by atoms with van der Waals surface area (Å²) in [4.78, 5) is 39.5. The van der Waals surface area contributed by atoms with Crippen molar-refractivity contribution in [1.82, 2.24) is 10.6 Å². The maximum atomic E-state index is 14.1. The fraction of sp³-hybridized carbons (Fsp3) is 0.933. The maximum Gasteiger partial charge on any atom is 0.309 e. The minimum Gasteiger partial charge on any atom is -0.481 e. The van der Waals surface area contributed by atoms with Gasteiger partial charge >= 0.3 is 11.9 Å². The molecule has 294 valence electrons. The Morgan fingerprint density at radius 1 is 0.885 bits per heavy atom. The van der Waals surface area contributed by atoms with E-state index in [1.165, 1.54) is 44.9 Å². The number of carbonyl (C=O) groups is 3. The quantitative estimate of drug-likeness (QED) is 0.162. The van der Waals surface area contributed by atoms with Crippen LogP contribution in [0.25, 0.3) is 0 Å². The van der Waals surface area contributed by atoms with Crippen LogP contribution >= 0.6 is 0 Å². The molecule has 7 rings (SSSR count). The Morgan fingerprint density at radius 2 is 1.63 bits per heavy atom. The third kappa shape index (κ3) is 5.71. The van der Waals surface area contributed by atoms with Crippen LogP contribution < -0.4 is 10.6 Å². The summed E-state index contributed by atoms with van der Waals surface area (Å²) in [5.74, 6) is 2.21. The highest BCUT2D eigenvalue weighted by Crippen LogP contribution is 2.77. The highest BCUT2D eigenvalue weighted by atomic mass is 16.5. The molecule has 13 atom stereocenters. The second-order valence-electron chi connectivity index (χ2n) is 21.9. The smallest absolute Gasteiger partial charge is 0.309 e. The van der Waals surface area contributed by atoms with Crippen molar-refractivity contribution >= 4 is 17.7 Å². The highest BCUT2D eigenvalue weighted by Gasteiger charge is 2.72. The van der Waals surface area contributed by atoms with Gasteiger partial charge < -0.3 is 20.5 Å². The van der Waals surface area contributed by atoms with Gasteiger partial charge in [-0.05, 0) is 166 Å². The number of esters is 1. The Hall–Kier alpha value is -1.47. The van der Waals surface area contributed by atoms with Gasteiger partial charge in [-0.25, -0.2) is 0 Å². The number of fused-ring (bicyclic) bond motifs is 7. The topological polar surface area (TPSA) is 105 Å². The predicted molar refractivity (Wildman–Crippen MR) is 205 cm³/mol. The zero-order valence-corrected chi connectivity index (χ0v) is 34.4. The van der Waals surface area contributed by atoms with E-state index in [-0.39, 0.29) is 51.0 Å². The van der Waals surface area contributed by atoms with E-state index in [2.05, 4.69) is 59.1 Å². The van der Waals surface area contributed by atoms with Crippen molar-refractivity contribution in [3.8, 4) is 0 Å². The van der Waals surface area contributed by atoms with Crippen LogP contribution in [0, 0.1) is 85.8 Å². The fourth-order valence-electron chi connectivity index (χ4n) is 15.7. The second-order valence-corrected chi connectivity index (χ2v) is 21.9. The van der Waals surface area contributed by atoms with E-state index in [0.717, 1.165) is 64.2 Å². The lowest BCUT2D eigenvalue weighted by Gasteiger charge is -2.73. The van der Waals surface area contributed by atoms with Crippen molar-refractivity contribution in [3.63, 3.8) is 0 Å². The summed E-state index contributed by atoms with van der Waals surface area (Å²) in [6.45, 7) is 25.6. The molecule has 3 N–H and O–H groups in total. The first-order valence-electron chi connectivity index (χ1n) is 21.7. The molecule has 7 nitrogen and oxygen atoms in total. The molecule has 1 heterocycles. The van der Waals surface area contributed by atoms with Gasteiger partial charge in [0.15, 0.2) is 0 Å². The lowest BCUT2D eigenvalue weighted by molar-refractivity contribution is -0.253. The molecule has 7 fully saturated rings. The molecule has 1 saturated heterocycles. The number of rotatable bonds is 9. The molecule has 0 aromatic rings. The third-order valence-corrected chi connectivity index (χ3v) is 18.9. The number of piperidine rings is 1. The number of Topliss-reactive ketones (excluding diaryl/α,β-unsaturated/α-hetero) is 1. The summed E-state index contributed by atoms with van der Waals surface area (Å²) in [6, 6.07) is 0. The summed E-state index contributed by atoms with van der Waals surface area (Å²) < 4.78 is 6.44. The Kier molecular flexibility index (Phi) is 9.95. The first kappa shape index (κ1) is 38.8. The normalized spacial score (nSPS) is 47.7. The van der Waals surface area contributed by atoms with Gasteiger partial charge in [-0.3, -0.25) is 14.4 Å². The Balaban J connectivity index is 1.09. The number of hydrogen-bond donors (Lipinski definition) is 3. The fourth-order valence-corrected chi connectivity index (χ4v) is 15.7. The van der Waals surface area contributed by atoms with Crippen LogP contribution in [0.3, 0.4) is 0 Å². The van der Waals surface area contributed by atoms with E-state index in [4.69, 9.17) is 4.74 Å². The van der Waals surface area contributed by atoms with Crippen LogP contribution in [0.15, 0.2) is 0 Å². The average molecular weight is 723 g/mol. The zero-order valence-electron chi connectivity index (χ0n) is 34.4. The van der Waals surface area contributed by atoms with Gasteiger partial charge in [0.25, 0.3) is 0 Å². The lowest BCUT2D eigenvalue weighted by Crippen LogP contribution is -2.67. The first-order valence-corrected chi connectivity index (χ1v) is 21.7. The van der Waals surface area contributed by atoms with Crippen molar-refractivity contribution in [2.75, 3.05) is 26.2 Å². The highest BCUT2D eigenvalue weighted by molar-refractivity contribution is 5.85. The molecule has 0 aromatic heterocycles. The van der Waals surface area contributed by atoms with Crippen LogP contribution in [0.5, 0.6) is 0 Å². The molecule has 6 saturated carbocycles. The van der Waals surface area contributed by atoms with Gasteiger partial charge in [0.1, 0.15) is 11.9 Å². The van der Waals surface area contributed by atoms with Crippen molar-refractivity contribution in [2.24, 2.45) is 85.8 Å². The number of carbonyl (C=O) groups excluding carboxylic acids is 2. The Bertz CT molecular complexity index is 1400. The molecule has 0 amide bonds. The Labute approximate surface area is 315 Å². The molecule has 52 heavy (non-hydrogen) atoms. The largest absolute Gasteiger partial charge is 0.481 e. The molecule has 7 heteroatoms. The van der Waals surface area contributed by atoms with E-state index >= 15 is 0 Å². The molecule has 3 unspecified atom stereocenters. The number of aliphatic carboxylic acids is 1. The van der Waals surface area contributed by atoms with Crippen molar-refractivity contribution in [2.45, 2.75) is 152 Å². The number of carboxylic acids is 1. The van der Waals surface area contributed by atoms with Gasteiger partial charge in [0, 0.05) is 17.8 Å². The number of ketones is 1. The summed E-state index contributed by atoms with van der Waals surface area (Å²) >= 11 is 0. The van der Waals surface area contributed by atoms with E-state index in [1.54, 1.807) is 0 Å². The van der Waals surface area contributed by atoms with Gasteiger partial charge in [-0.2, -0.15) is 0 Å². The molecule has 0 radical (unpaired) electrons. The minimum absolute atomic E-state index is 0.136. The number of nitrogens with one attached hydrogen (secondary N) is 2. The molecule has 0 spiro atoms. The van der Waals surface area contributed by atoms with Crippen molar-refractivity contribution in [3.05, 3.63) is 0 Å². The second kappa shape index (κ2) is 13.3. The lowest BCUT2D eigenvalue weighted by atomic mass is 9.32. The molecule has 1 aliphatic heterocycles. The van der Waals surface area contributed by atoms with Gasteiger partial charge in [0.2, 0.25) is 0 Å². The SMILES string of the molecule is CC(C)C1C(=O)CC2(CCNC[C@@H]3CCCNC3)CC[C@]3(C)[C@H](CC[C@@H]4[C@@]5(C)CC[C@H](OC(=O)[C@H]6C[C@@H](C(=O)O)C6(C)C)C(C)(C)[C@@H]5CC[C@]43C)C12. The summed E-state index contributed by atoms with van der Waals surface area (Å²) in [5, 5.41) is 17.1. The molecular weight excluding hydrogens is 649 g/mol. The molecule has 6 aliphatic carbocycles. The molecule has 0 aromatic carbocycles. The van der Waals surface area contributed by atoms with Crippen molar-refractivity contribution < 1.29 is 24.2 Å². The minimum atomic E-state index is -0.806. The predicted octanol–water partition coefficient (Wildman–Crippen LogP) is 8.54. The zero-order chi connectivity index (χ0) is 37.6. The Morgan fingerprint density at radius 3 is 2.29 bits per heavy atom. The van der Waals surface area contributed by atoms with E-state index in [9.17, 15) is 19.5 Å². The number of carboxylic acid groups (broad SMARTS) is 1.